The summed E-state index contributed by atoms with van der Waals surface area (Å²) >= 11 is 0. The first kappa shape index (κ1) is 9.97. The van der Waals surface area contributed by atoms with Crippen molar-refractivity contribution < 1.29 is 9.53 Å². The van der Waals surface area contributed by atoms with Crippen LogP contribution in [0.5, 0.6) is 0 Å². The SMILES string of the molecule is CCN1CCC[C@H]1COC(=O)C1CC1. The Kier molecular flexibility index (Phi) is 3.06. The monoisotopic (exact) mass is 197 g/mol. The molecule has 80 valence electrons. The van der Waals surface area contributed by atoms with E-state index in [1.165, 1.54) is 19.4 Å². The molecule has 0 radical (unpaired) electrons. The summed E-state index contributed by atoms with van der Waals surface area (Å²) in [6.45, 7) is 5.03. The van der Waals surface area contributed by atoms with Crippen LogP contribution in [0, 0.1) is 5.92 Å². The van der Waals surface area contributed by atoms with Crippen molar-refractivity contribution in [2.75, 3.05) is 19.7 Å². The van der Waals surface area contributed by atoms with Crippen molar-refractivity contribution in [1.29, 1.82) is 0 Å². The molecule has 0 aromatic carbocycles. The van der Waals surface area contributed by atoms with E-state index in [-0.39, 0.29) is 11.9 Å². The van der Waals surface area contributed by atoms with Gasteiger partial charge in [-0.15, -0.1) is 0 Å². The van der Waals surface area contributed by atoms with Crippen LogP contribution in [0.4, 0.5) is 0 Å². The number of carbonyl (C=O) groups is 1. The maximum atomic E-state index is 11.3. The van der Waals surface area contributed by atoms with Crippen molar-refractivity contribution in [3.05, 3.63) is 0 Å². The van der Waals surface area contributed by atoms with Crippen LogP contribution in [0.15, 0.2) is 0 Å². The van der Waals surface area contributed by atoms with Crippen LogP contribution < -0.4 is 0 Å². The lowest BCUT2D eigenvalue weighted by molar-refractivity contribution is -0.146. The number of carbonyl (C=O) groups excluding carboxylic acids is 1. The van der Waals surface area contributed by atoms with Gasteiger partial charge in [-0.25, -0.2) is 0 Å². The highest BCUT2D eigenvalue weighted by molar-refractivity contribution is 5.74. The van der Waals surface area contributed by atoms with Gasteiger partial charge in [0.1, 0.15) is 6.61 Å². The lowest BCUT2D eigenvalue weighted by Gasteiger charge is -2.22. The van der Waals surface area contributed by atoms with E-state index in [2.05, 4.69) is 11.8 Å². The predicted octanol–water partition coefficient (Wildman–Crippen LogP) is 1.42. The second kappa shape index (κ2) is 4.30. The summed E-state index contributed by atoms with van der Waals surface area (Å²) in [6.07, 6.45) is 4.52. The lowest BCUT2D eigenvalue weighted by atomic mass is 10.2. The first-order chi connectivity index (χ1) is 6.81. The molecule has 1 saturated carbocycles. The lowest BCUT2D eigenvalue weighted by Crippen LogP contribution is -2.33. The summed E-state index contributed by atoms with van der Waals surface area (Å²) in [5.74, 6) is 0.277. The summed E-state index contributed by atoms with van der Waals surface area (Å²) in [6, 6.07) is 0.489. The van der Waals surface area contributed by atoms with Crippen LogP contribution in [0.1, 0.15) is 32.6 Å². The number of ether oxygens (including phenoxy) is 1. The smallest absolute Gasteiger partial charge is 0.308 e. The Bertz CT molecular complexity index is 213. The van der Waals surface area contributed by atoms with Gasteiger partial charge < -0.3 is 4.74 Å². The van der Waals surface area contributed by atoms with Crippen LogP contribution in [0.25, 0.3) is 0 Å². The molecule has 1 atom stereocenters. The molecule has 1 aliphatic heterocycles. The number of hydrogen-bond donors (Lipinski definition) is 0. The van der Waals surface area contributed by atoms with Gasteiger partial charge >= 0.3 is 5.97 Å². The summed E-state index contributed by atoms with van der Waals surface area (Å²) in [5.41, 5.74) is 0. The molecule has 0 N–H and O–H groups in total. The van der Waals surface area contributed by atoms with E-state index in [1.807, 2.05) is 0 Å². The topological polar surface area (TPSA) is 29.5 Å². The Hall–Kier alpha value is -0.570. The largest absolute Gasteiger partial charge is 0.464 e. The molecule has 2 fully saturated rings. The fourth-order valence-corrected chi connectivity index (χ4v) is 2.12. The summed E-state index contributed by atoms with van der Waals surface area (Å²) in [7, 11) is 0. The molecule has 0 unspecified atom stereocenters. The summed E-state index contributed by atoms with van der Waals surface area (Å²) in [4.78, 5) is 13.7. The predicted molar refractivity (Wildman–Crippen MR) is 54.0 cm³/mol. The minimum atomic E-state index is 0.0351. The molecule has 1 aliphatic carbocycles. The molecule has 0 spiro atoms. The zero-order valence-corrected chi connectivity index (χ0v) is 8.87. The molecule has 3 nitrogen and oxygen atoms in total. The molecule has 2 rings (SSSR count). The fraction of sp³-hybridized carbons (Fsp3) is 0.909. The standard InChI is InChI=1S/C11H19NO2/c1-2-12-7-3-4-10(12)8-14-11(13)9-5-6-9/h9-10H,2-8H2,1H3/t10-/m0/s1. The Morgan fingerprint density at radius 3 is 2.86 bits per heavy atom. The van der Waals surface area contributed by atoms with Crippen molar-refractivity contribution in [3.8, 4) is 0 Å². The Balaban J connectivity index is 1.70. The van der Waals surface area contributed by atoms with Gasteiger partial charge in [0.2, 0.25) is 0 Å². The number of nitrogens with zero attached hydrogens (tertiary/aromatic N) is 1. The molecule has 0 amide bonds. The second-order valence-corrected chi connectivity index (χ2v) is 4.33. The van der Waals surface area contributed by atoms with Crippen LogP contribution in [0.2, 0.25) is 0 Å². The van der Waals surface area contributed by atoms with Crippen LogP contribution >= 0.6 is 0 Å². The minimum absolute atomic E-state index is 0.0351. The zero-order chi connectivity index (χ0) is 9.97. The summed E-state index contributed by atoms with van der Waals surface area (Å²) in [5, 5.41) is 0. The third kappa shape index (κ3) is 2.27. The van der Waals surface area contributed by atoms with E-state index >= 15 is 0 Å². The first-order valence-electron chi connectivity index (χ1n) is 5.72. The third-order valence-corrected chi connectivity index (χ3v) is 3.23. The zero-order valence-electron chi connectivity index (χ0n) is 8.87. The minimum Gasteiger partial charge on any atom is -0.464 e. The number of hydrogen-bond acceptors (Lipinski definition) is 3. The molecule has 1 saturated heterocycles. The fourth-order valence-electron chi connectivity index (χ4n) is 2.12. The molecular weight excluding hydrogens is 178 g/mol. The Labute approximate surface area is 85.4 Å². The quantitative estimate of drug-likeness (QED) is 0.638. The van der Waals surface area contributed by atoms with E-state index in [0.29, 0.717) is 12.6 Å². The van der Waals surface area contributed by atoms with Gasteiger partial charge in [0, 0.05) is 6.04 Å². The van der Waals surface area contributed by atoms with Crippen LogP contribution in [-0.4, -0.2) is 36.6 Å². The third-order valence-electron chi connectivity index (χ3n) is 3.23. The highest BCUT2D eigenvalue weighted by Gasteiger charge is 2.32. The molecule has 3 heteroatoms. The second-order valence-electron chi connectivity index (χ2n) is 4.33. The normalized spacial score (nSPS) is 27.9. The van der Waals surface area contributed by atoms with Crippen molar-refractivity contribution in [2.45, 2.75) is 38.6 Å². The van der Waals surface area contributed by atoms with Gasteiger partial charge in [0.25, 0.3) is 0 Å². The maximum Gasteiger partial charge on any atom is 0.308 e. The van der Waals surface area contributed by atoms with Crippen molar-refractivity contribution in [1.82, 2.24) is 4.90 Å². The average Bonchev–Trinajstić information content (AvgIpc) is 2.94. The summed E-state index contributed by atoms with van der Waals surface area (Å²) < 4.78 is 5.30. The van der Waals surface area contributed by atoms with E-state index in [1.54, 1.807) is 0 Å². The first-order valence-corrected chi connectivity index (χ1v) is 5.72. The number of esters is 1. The number of likely N-dealkylation sites (tertiary alicyclic amines) is 1. The van der Waals surface area contributed by atoms with Crippen LogP contribution in [-0.2, 0) is 9.53 Å². The number of rotatable bonds is 4. The van der Waals surface area contributed by atoms with Crippen molar-refractivity contribution in [2.24, 2.45) is 5.92 Å². The number of likely N-dealkylation sites (N-methyl/N-ethyl adjacent to an activating group) is 1. The van der Waals surface area contributed by atoms with Gasteiger partial charge in [-0.3, -0.25) is 9.69 Å². The highest BCUT2D eigenvalue weighted by atomic mass is 16.5. The average molecular weight is 197 g/mol. The Morgan fingerprint density at radius 1 is 1.43 bits per heavy atom. The molecule has 14 heavy (non-hydrogen) atoms. The van der Waals surface area contributed by atoms with Crippen LogP contribution in [0.3, 0.4) is 0 Å². The Morgan fingerprint density at radius 2 is 2.21 bits per heavy atom. The molecule has 2 aliphatic rings. The molecular formula is C11H19NO2. The molecule has 1 heterocycles. The molecule has 0 bridgehead atoms. The van der Waals surface area contributed by atoms with Crippen molar-refractivity contribution in [3.63, 3.8) is 0 Å². The van der Waals surface area contributed by atoms with Gasteiger partial charge in [-0.2, -0.15) is 0 Å². The van der Waals surface area contributed by atoms with E-state index in [4.69, 9.17) is 4.74 Å². The van der Waals surface area contributed by atoms with Gasteiger partial charge in [0.15, 0.2) is 0 Å². The highest BCUT2D eigenvalue weighted by Crippen LogP contribution is 2.30. The van der Waals surface area contributed by atoms with Gasteiger partial charge in [-0.1, -0.05) is 6.92 Å². The maximum absolute atomic E-state index is 11.3. The van der Waals surface area contributed by atoms with E-state index in [0.717, 1.165) is 19.4 Å². The van der Waals surface area contributed by atoms with Crippen molar-refractivity contribution >= 4 is 5.97 Å². The van der Waals surface area contributed by atoms with Gasteiger partial charge in [0.05, 0.1) is 5.92 Å². The molecule has 0 aromatic rings. The van der Waals surface area contributed by atoms with Gasteiger partial charge in [-0.05, 0) is 38.8 Å². The van der Waals surface area contributed by atoms with E-state index < -0.39 is 0 Å². The van der Waals surface area contributed by atoms with E-state index in [9.17, 15) is 4.79 Å². The molecule has 0 aromatic heterocycles.